The number of aliphatic carboxylic acids is 1. The van der Waals surface area contributed by atoms with E-state index in [2.05, 4.69) is 10.4 Å². The highest BCUT2D eigenvalue weighted by Crippen LogP contribution is 2.29. The standard InChI is InChI=1S/C23H23N3O3/c1-15-8-5-6-12-19(15)26-20-13-7-11-17(20)22(25-26)23(29)24-18(14-21(27)28)16-9-3-2-4-10-16/h2-6,8-10,12,18H,7,11,13-14H2,1H3,(H,24,29)(H,27,28). The van der Waals surface area contributed by atoms with Gasteiger partial charge in [0.05, 0.1) is 18.2 Å². The molecule has 0 radical (unpaired) electrons. The second-order valence-electron chi connectivity index (χ2n) is 7.36. The molecule has 0 spiro atoms. The first kappa shape index (κ1) is 18.9. The van der Waals surface area contributed by atoms with Crippen LogP contribution in [-0.2, 0) is 17.6 Å². The van der Waals surface area contributed by atoms with Crippen molar-refractivity contribution in [2.45, 2.75) is 38.6 Å². The van der Waals surface area contributed by atoms with Gasteiger partial charge in [-0.25, -0.2) is 4.68 Å². The summed E-state index contributed by atoms with van der Waals surface area (Å²) in [6.45, 7) is 2.02. The lowest BCUT2D eigenvalue weighted by atomic mass is 10.0. The van der Waals surface area contributed by atoms with Gasteiger partial charge in [0.1, 0.15) is 0 Å². The molecule has 4 rings (SSSR count). The Morgan fingerprint density at radius 3 is 2.55 bits per heavy atom. The van der Waals surface area contributed by atoms with Gasteiger partial charge in [-0.15, -0.1) is 0 Å². The number of para-hydroxylation sites is 1. The largest absolute Gasteiger partial charge is 0.481 e. The third kappa shape index (κ3) is 3.78. The van der Waals surface area contributed by atoms with Gasteiger partial charge in [-0.2, -0.15) is 5.10 Å². The number of rotatable bonds is 6. The van der Waals surface area contributed by atoms with Crippen LogP contribution in [0, 0.1) is 6.92 Å². The van der Waals surface area contributed by atoms with Gasteiger partial charge in [0.2, 0.25) is 0 Å². The van der Waals surface area contributed by atoms with Crippen molar-refractivity contribution in [2.24, 2.45) is 0 Å². The van der Waals surface area contributed by atoms with Gasteiger partial charge in [0.15, 0.2) is 5.69 Å². The lowest BCUT2D eigenvalue weighted by Gasteiger charge is -2.17. The van der Waals surface area contributed by atoms with Crippen molar-refractivity contribution >= 4 is 11.9 Å². The highest BCUT2D eigenvalue weighted by atomic mass is 16.4. The van der Waals surface area contributed by atoms with Crippen LogP contribution in [0.1, 0.15) is 51.8 Å². The third-order valence-electron chi connectivity index (χ3n) is 5.37. The van der Waals surface area contributed by atoms with Crippen molar-refractivity contribution in [3.8, 4) is 5.69 Å². The molecule has 6 heteroatoms. The zero-order valence-electron chi connectivity index (χ0n) is 16.3. The second-order valence-corrected chi connectivity index (χ2v) is 7.36. The maximum atomic E-state index is 13.1. The number of amides is 1. The molecule has 0 saturated heterocycles. The van der Waals surface area contributed by atoms with Crippen molar-refractivity contribution in [1.29, 1.82) is 0 Å². The first-order valence-electron chi connectivity index (χ1n) is 9.79. The second kappa shape index (κ2) is 7.91. The molecular formula is C23H23N3O3. The summed E-state index contributed by atoms with van der Waals surface area (Å²) in [7, 11) is 0. The summed E-state index contributed by atoms with van der Waals surface area (Å²) < 4.78 is 1.88. The van der Waals surface area contributed by atoms with E-state index in [1.807, 2.05) is 66.2 Å². The van der Waals surface area contributed by atoms with Crippen LogP contribution in [0.5, 0.6) is 0 Å². The normalized spacial score (nSPS) is 13.7. The molecule has 0 fully saturated rings. The zero-order chi connectivity index (χ0) is 20.4. The van der Waals surface area contributed by atoms with Crippen LogP contribution in [-0.4, -0.2) is 26.8 Å². The fourth-order valence-electron chi connectivity index (χ4n) is 3.96. The lowest BCUT2D eigenvalue weighted by Crippen LogP contribution is -2.31. The van der Waals surface area contributed by atoms with Crippen molar-refractivity contribution in [1.82, 2.24) is 15.1 Å². The Balaban J connectivity index is 1.68. The fourth-order valence-corrected chi connectivity index (χ4v) is 3.96. The van der Waals surface area contributed by atoms with E-state index < -0.39 is 12.0 Å². The number of carbonyl (C=O) groups excluding carboxylic acids is 1. The highest BCUT2D eigenvalue weighted by molar-refractivity contribution is 5.94. The Morgan fingerprint density at radius 1 is 1.10 bits per heavy atom. The summed E-state index contributed by atoms with van der Waals surface area (Å²) in [5, 5.41) is 16.8. The Labute approximate surface area is 169 Å². The number of aryl methyl sites for hydroxylation is 1. The van der Waals surface area contributed by atoms with Crippen LogP contribution in [0.2, 0.25) is 0 Å². The van der Waals surface area contributed by atoms with E-state index in [0.29, 0.717) is 5.69 Å². The topological polar surface area (TPSA) is 84.2 Å². The average Bonchev–Trinajstić information content (AvgIpc) is 3.31. The minimum atomic E-state index is -0.963. The Morgan fingerprint density at radius 2 is 1.83 bits per heavy atom. The summed E-state index contributed by atoms with van der Waals surface area (Å²) in [4.78, 5) is 24.5. The van der Waals surface area contributed by atoms with Crippen LogP contribution in [0.3, 0.4) is 0 Å². The van der Waals surface area contributed by atoms with Crippen LogP contribution < -0.4 is 5.32 Å². The predicted molar refractivity (Wildman–Crippen MR) is 109 cm³/mol. The molecule has 1 unspecified atom stereocenters. The molecule has 0 aliphatic heterocycles. The van der Waals surface area contributed by atoms with Gasteiger partial charge in [-0.3, -0.25) is 9.59 Å². The summed E-state index contributed by atoms with van der Waals surface area (Å²) in [6, 6.07) is 16.5. The first-order chi connectivity index (χ1) is 14.0. The molecule has 1 heterocycles. The van der Waals surface area contributed by atoms with Crippen LogP contribution in [0.15, 0.2) is 54.6 Å². The molecule has 2 N–H and O–H groups in total. The zero-order valence-corrected chi connectivity index (χ0v) is 16.3. The molecule has 29 heavy (non-hydrogen) atoms. The molecule has 0 saturated carbocycles. The van der Waals surface area contributed by atoms with E-state index in [-0.39, 0.29) is 12.3 Å². The molecule has 3 aromatic rings. The van der Waals surface area contributed by atoms with E-state index in [4.69, 9.17) is 0 Å². The minimum absolute atomic E-state index is 0.184. The van der Waals surface area contributed by atoms with E-state index in [1.54, 1.807) is 0 Å². The van der Waals surface area contributed by atoms with Crippen molar-refractivity contribution in [2.75, 3.05) is 0 Å². The van der Waals surface area contributed by atoms with Gasteiger partial charge in [-0.1, -0.05) is 48.5 Å². The van der Waals surface area contributed by atoms with Gasteiger partial charge in [-0.05, 0) is 43.4 Å². The monoisotopic (exact) mass is 389 g/mol. The quantitative estimate of drug-likeness (QED) is 0.674. The Kier molecular flexibility index (Phi) is 5.16. The van der Waals surface area contributed by atoms with Gasteiger partial charge in [0, 0.05) is 11.3 Å². The number of nitrogens with zero attached hydrogens (tertiary/aromatic N) is 2. The number of nitrogens with one attached hydrogen (secondary N) is 1. The molecule has 1 aliphatic rings. The van der Waals surface area contributed by atoms with Crippen molar-refractivity contribution < 1.29 is 14.7 Å². The highest BCUT2D eigenvalue weighted by Gasteiger charge is 2.29. The molecule has 148 valence electrons. The van der Waals surface area contributed by atoms with Gasteiger partial charge >= 0.3 is 5.97 Å². The molecule has 1 atom stereocenters. The molecule has 6 nitrogen and oxygen atoms in total. The lowest BCUT2D eigenvalue weighted by molar-refractivity contribution is -0.137. The fraction of sp³-hybridized carbons (Fsp3) is 0.261. The summed E-state index contributed by atoms with van der Waals surface area (Å²) >= 11 is 0. The SMILES string of the molecule is Cc1ccccc1-n1nc(C(=O)NC(CC(=O)O)c2ccccc2)c2c1CCC2. The number of carboxylic acid groups (broad SMARTS) is 1. The number of benzene rings is 2. The summed E-state index contributed by atoms with van der Waals surface area (Å²) in [5.74, 6) is -1.29. The van der Waals surface area contributed by atoms with Crippen LogP contribution in [0.25, 0.3) is 5.69 Å². The Hall–Kier alpha value is -3.41. The van der Waals surface area contributed by atoms with Crippen molar-refractivity contribution in [3.63, 3.8) is 0 Å². The number of carboxylic acids is 1. The maximum absolute atomic E-state index is 13.1. The number of fused-ring (bicyclic) bond motifs is 1. The smallest absolute Gasteiger partial charge is 0.305 e. The van der Waals surface area contributed by atoms with E-state index in [1.165, 1.54) is 0 Å². The number of hydrogen-bond donors (Lipinski definition) is 2. The molecule has 1 amide bonds. The van der Waals surface area contributed by atoms with E-state index >= 15 is 0 Å². The maximum Gasteiger partial charge on any atom is 0.305 e. The third-order valence-corrected chi connectivity index (χ3v) is 5.37. The van der Waals surface area contributed by atoms with Gasteiger partial charge < -0.3 is 10.4 Å². The molecular weight excluding hydrogens is 366 g/mol. The van der Waals surface area contributed by atoms with E-state index in [9.17, 15) is 14.7 Å². The first-order valence-corrected chi connectivity index (χ1v) is 9.79. The number of hydrogen-bond acceptors (Lipinski definition) is 3. The predicted octanol–water partition coefficient (Wildman–Crippen LogP) is 3.62. The molecule has 1 aliphatic carbocycles. The minimum Gasteiger partial charge on any atom is -0.481 e. The van der Waals surface area contributed by atoms with Crippen LogP contribution >= 0.6 is 0 Å². The summed E-state index contributed by atoms with van der Waals surface area (Å²) in [6.07, 6.45) is 2.48. The molecule has 0 bridgehead atoms. The number of aromatic nitrogens is 2. The van der Waals surface area contributed by atoms with E-state index in [0.717, 1.165) is 47.3 Å². The number of carbonyl (C=O) groups is 2. The molecule has 2 aromatic carbocycles. The average molecular weight is 389 g/mol. The van der Waals surface area contributed by atoms with Gasteiger partial charge in [0.25, 0.3) is 5.91 Å². The Bertz CT molecular complexity index is 1060. The van der Waals surface area contributed by atoms with Crippen LogP contribution in [0.4, 0.5) is 0 Å². The molecule has 1 aromatic heterocycles. The van der Waals surface area contributed by atoms with Crippen molar-refractivity contribution in [3.05, 3.63) is 82.7 Å². The summed E-state index contributed by atoms with van der Waals surface area (Å²) in [5.41, 5.74) is 5.25.